The van der Waals surface area contributed by atoms with Crippen LogP contribution in [0.25, 0.3) is 0 Å². The molecule has 0 saturated carbocycles. The van der Waals surface area contributed by atoms with Gasteiger partial charge < -0.3 is 0 Å². The van der Waals surface area contributed by atoms with Gasteiger partial charge in [0, 0.05) is 7.26 Å². The van der Waals surface area contributed by atoms with E-state index in [-0.39, 0.29) is 0 Å². The summed E-state index contributed by atoms with van der Waals surface area (Å²) in [5.41, 5.74) is -12.3. The first kappa shape index (κ1) is 50.0. The molecule has 0 unspecified atom stereocenters. The molecule has 0 saturated heterocycles. The van der Waals surface area contributed by atoms with Gasteiger partial charge in [-0.25, -0.2) is 16.8 Å². The Labute approximate surface area is 291 Å². The molecule has 0 spiro atoms. The van der Waals surface area contributed by atoms with Crippen LogP contribution < -0.4 is 4.13 Å². The van der Waals surface area contributed by atoms with E-state index in [4.69, 9.17) is 0 Å². The van der Waals surface area contributed by atoms with Crippen molar-refractivity contribution in [1.29, 1.82) is 0 Å². The van der Waals surface area contributed by atoms with Crippen LogP contribution in [-0.4, -0.2) is 52.5 Å². The first-order chi connectivity index (χ1) is 22.4. The summed E-state index contributed by atoms with van der Waals surface area (Å²) < 4.78 is 108. The topological polar surface area (TPSA) is 80.3 Å². The third-order valence-electron chi connectivity index (χ3n) is 8.77. The summed E-state index contributed by atoms with van der Waals surface area (Å²) in [5.74, 6) is 0. The molecule has 0 heterocycles. The Balaban J connectivity index is 0. The summed E-state index contributed by atoms with van der Waals surface area (Å²) in [6.07, 6.45) is 42.1. The van der Waals surface area contributed by atoms with E-state index in [1.165, 1.54) is 128 Å². The smallest absolute Gasteiger partial charge is 0.202 e. The number of sulfonamides is 2. The van der Waals surface area contributed by atoms with Gasteiger partial charge in [0.25, 0.3) is 0 Å². The SMILES string of the molecule is CCCCCCCC[P+](CCCCCCCC)(CCCCCCCC)CCCCCCCC.O=S(=O)(NS(=O)(=O)C(F)(F)F)C(F)(F)F. The molecule has 0 aliphatic carbocycles. The highest BCUT2D eigenvalue weighted by atomic mass is 32.3. The van der Waals surface area contributed by atoms with Gasteiger partial charge in [-0.2, -0.15) is 26.3 Å². The maximum Gasteiger partial charge on any atom is 0.512 e. The third-order valence-corrected chi connectivity index (χ3v) is 16.8. The van der Waals surface area contributed by atoms with Crippen LogP contribution >= 0.6 is 7.26 Å². The van der Waals surface area contributed by atoms with E-state index in [9.17, 15) is 43.2 Å². The van der Waals surface area contributed by atoms with Crippen molar-refractivity contribution in [2.45, 2.75) is 193 Å². The fraction of sp³-hybridized carbons (Fsp3) is 1.00. The Hall–Kier alpha value is -0.130. The van der Waals surface area contributed by atoms with Crippen molar-refractivity contribution in [3.8, 4) is 0 Å². The predicted octanol–water partition coefficient (Wildman–Crippen LogP) is 12.7. The molecule has 0 amide bonds. The molecular weight excluding hydrogens is 695 g/mol. The summed E-state index contributed by atoms with van der Waals surface area (Å²) in [6, 6.07) is 0. The molecule has 48 heavy (non-hydrogen) atoms. The lowest BCUT2D eigenvalue weighted by Crippen LogP contribution is -2.45. The molecule has 0 rings (SSSR count). The Morgan fingerprint density at radius 3 is 0.750 bits per heavy atom. The molecule has 0 bridgehead atoms. The Morgan fingerprint density at radius 1 is 0.375 bits per heavy atom. The summed E-state index contributed by atoms with van der Waals surface area (Å²) in [7, 11) is -13.9. The van der Waals surface area contributed by atoms with E-state index >= 15 is 0 Å². The van der Waals surface area contributed by atoms with Crippen molar-refractivity contribution >= 4 is 27.3 Å². The van der Waals surface area contributed by atoms with E-state index in [1.807, 2.05) is 0 Å². The maximum absolute atomic E-state index is 11.5. The van der Waals surface area contributed by atoms with Gasteiger partial charge in [0.2, 0.25) is 0 Å². The van der Waals surface area contributed by atoms with Crippen molar-refractivity contribution < 1.29 is 43.2 Å². The maximum atomic E-state index is 11.5. The molecule has 0 aromatic rings. The van der Waals surface area contributed by atoms with Crippen LogP contribution in [-0.2, 0) is 20.0 Å². The van der Waals surface area contributed by atoms with Crippen LogP contribution in [0.15, 0.2) is 0 Å². The lowest BCUT2D eigenvalue weighted by molar-refractivity contribution is -0.0476. The zero-order valence-electron chi connectivity index (χ0n) is 30.5. The summed E-state index contributed by atoms with van der Waals surface area (Å²) >= 11 is 0. The number of unbranched alkanes of at least 4 members (excludes halogenated alkanes) is 20. The van der Waals surface area contributed by atoms with Gasteiger partial charge in [0.05, 0.1) is 24.6 Å². The second-order valence-corrected chi connectivity index (χ2v) is 21.4. The number of rotatable bonds is 30. The van der Waals surface area contributed by atoms with Gasteiger partial charge >= 0.3 is 31.1 Å². The average molecular weight is 765 g/mol. The van der Waals surface area contributed by atoms with Crippen molar-refractivity contribution in [2.24, 2.45) is 0 Å². The highest BCUT2D eigenvalue weighted by Gasteiger charge is 2.55. The van der Waals surface area contributed by atoms with Crippen molar-refractivity contribution in [1.82, 2.24) is 4.13 Å². The first-order valence-corrected chi connectivity index (χ1v) is 24.2. The van der Waals surface area contributed by atoms with Crippen LogP contribution in [0.5, 0.6) is 0 Å². The minimum absolute atomic E-state index is 0.493. The standard InChI is InChI=1S/C32H68P.C2HF6NO4S2/c1-5-9-13-17-21-25-29-33(30-26-22-18-14-10-6-2,31-27-23-19-15-11-7-3)32-28-24-20-16-12-8-4;3-1(4,5)14(10,11)9-15(12,13)2(6,7)8/h5-32H2,1-4H3;9H/q+1;. The number of halogens is 6. The van der Waals surface area contributed by atoms with Crippen LogP contribution in [0.2, 0.25) is 0 Å². The minimum atomic E-state index is -6.60. The zero-order chi connectivity index (χ0) is 37.0. The normalized spacial score (nSPS) is 13.0. The van der Waals surface area contributed by atoms with Gasteiger partial charge in [-0.3, -0.25) is 0 Å². The Bertz CT molecular complexity index is 850. The quantitative estimate of drug-likeness (QED) is 0.0449. The first-order valence-electron chi connectivity index (χ1n) is 18.7. The van der Waals surface area contributed by atoms with Crippen LogP contribution in [0.1, 0.15) is 182 Å². The largest absolute Gasteiger partial charge is 0.512 e. The van der Waals surface area contributed by atoms with Crippen molar-refractivity contribution in [3.63, 3.8) is 0 Å². The molecule has 14 heteroatoms. The molecule has 292 valence electrons. The minimum Gasteiger partial charge on any atom is -0.202 e. The lowest BCUT2D eigenvalue weighted by Gasteiger charge is -2.28. The second kappa shape index (κ2) is 28.5. The highest BCUT2D eigenvalue weighted by Crippen LogP contribution is 2.61. The highest BCUT2D eigenvalue weighted by molar-refractivity contribution is 8.05. The lowest BCUT2D eigenvalue weighted by atomic mass is 10.1. The number of hydrogen-bond donors (Lipinski definition) is 1. The summed E-state index contributed by atoms with van der Waals surface area (Å²) in [6.45, 7) is 9.38. The molecule has 0 aliphatic rings. The van der Waals surface area contributed by atoms with E-state index < -0.39 is 42.5 Å². The van der Waals surface area contributed by atoms with Crippen LogP contribution in [0.3, 0.4) is 0 Å². The second-order valence-electron chi connectivity index (χ2n) is 13.3. The number of hydrogen-bond acceptors (Lipinski definition) is 4. The van der Waals surface area contributed by atoms with Gasteiger partial charge in [0.15, 0.2) is 0 Å². The molecular formula is C34H69F6NO4PS2+. The van der Waals surface area contributed by atoms with E-state index in [0.717, 1.165) is 0 Å². The predicted molar refractivity (Wildman–Crippen MR) is 193 cm³/mol. The van der Waals surface area contributed by atoms with E-state index in [1.54, 1.807) is 50.3 Å². The van der Waals surface area contributed by atoms with Gasteiger partial charge in [-0.05, 0) is 51.4 Å². The zero-order valence-corrected chi connectivity index (χ0v) is 33.0. The van der Waals surface area contributed by atoms with E-state index in [0.29, 0.717) is 0 Å². The van der Waals surface area contributed by atoms with Gasteiger partial charge in [-0.15, -0.1) is 0 Å². The van der Waals surface area contributed by atoms with Gasteiger partial charge in [0.1, 0.15) is 0 Å². The fourth-order valence-corrected chi connectivity index (χ4v) is 12.7. The third kappa shape index (κ3) is 25.8. The molecule has 1 N–H and O–H groups in total. The Morgan fingerprint density at radius 2 is 0.562 bits per heavy atom. The average Bonchev–Trinajstić information content (AvgIpc) is 2.99. The van der Waals surface area contributed by atoms with Gasteiger partial charge in [-0.1, -0.05) is 135 Å². The molecule has 5 nitrogen and oxygen atoms in total. The number of nitrogens with one attached hydrogen (secondary N) is 1. The monoisotopic (exact) mass is 764 g/mol. The summed E-state index contributed by atoms with van der Waals surface area (Å²) in [4.78, 5) is 0. The molecule has 0 fully saturated rings. The molecule has 0 aromatic carbocycles. The Kier molecular flexibility index (Phi) is 29.6. The van der Waals surface area contributed by atoms with Crippen molar-refractivity contribution in [3.05, 3.63) is 0 Å². The number of alkyl halides is 6. The summed E-state index contributed by atoms with van der Waals surface area (Å²) in [5, 5.41) is 0. The van der Waals surface area contributed by atoms with Crippen LogP contribution in [0, 0.1) is 0 Å². The molecule has 0 radical (unpaired) electrons. The molecule has 0 aromatic heterocycles. The fourth-order valence-electron chi connectivity index (χ4n) is 5.82. The van der Waals surface area contributed by atoms with Crippen molar-refractivity contribution in [2.75, 3.05) is 24.6 Å². The molecule has 0 atom stereocenters. The van der Waals surface area contributed by atoms with Crippen LogP contribution in [0.4, 0.5) is 26.3 Å². The molecule has 0 aliphatic heterocycles. The van der Waals surface area contributed by atoms with E-state index in [2.05, 4.69) is 27.7 Å².